The molecule has 0 aromatic heterocycles. The molecular formula is C17H17Cl5O2. The summed E-state index contributed by atoms with van der Waals surface area (Å²) >= 11 is 30.3. The Balaban J connectivity index is 2.28. The van der Waals surface area contributed by atoms with Gasteiger partial charge in [0.15, 0.2) is 0 Å². The number of halogens is 5. The highest BCUT2D eigenvalue weighted by Gasteiger charge is 2.69. The van der Waals surface area contributed by atoms with Crippen LogP contribution in [0.25, 0.3) is 0 Å². The predicted molar refractivity (Wildman–Crippen MR) is 102 cm³/mol. The van der Waals surface area contributed by atoms with Crippen LogP contribution in [0.3, 0.4) is 0 Å². The maximum Gasteiger partial charge on any atom is 0.317 e. The summed E-state index contributed by atoms with van der Waals surface area (Å²) in [6.07, 6.45) is 0. The third-order valence-electron chi connectivity index (χ3n) is 4.87. The average molecular weight is 431 g/mol. The molecule has 2 rings (SSSR count). The number of benzene rings is 1. The van der Waals surface area contributed by atoms with Gasteiger partial charge in [0.25, 0.3) is 0 Å². The van der Waals surface area contributed by atoms with E-state index in [2.05, 4.69) is 0 Å². The quantitative estimate of drug-likeness (QED) is 0.216. The minimum absolute atomic E-state index is 0.0746. The molecule has 0 amide bonds. The molecule has 0 aliphatic heterocycles. The van der Waals surface area contributed by atoms with Gasteiger partial charge in [-0.3, -0.25) is 4.79 Å². The molecule has 0 saturated heterocycles. The van der Waals surface area contributed by atoms with Crippen molar-refractivity contribution in [3.8, 4) is 0 Å². The lowest BCUT2D eigenvalue weighted by molar-refractivity contribution is -0.151. The molecule has 1 aliphatic carbocycles. The Morgan fingerprint density at radius 1 is 0.875 bits per heavy atom. The molecule has 0 radical (unpaired) electrons. The average Bonchev–Trinajstić information content (AvgIpc) is 2.97. The minimum Gasteiger partial charge on any atom is -0.460 e. The molecule has 24 heavy (non-hydrogen) atoms. The molecule has 1 unspecified atom stereocenters. The second kappa shape index (κ2) is 6.55. The van der Waals surface area contributed by atoms with Gasteiger partial charge < -0.3 is 4.74 Å². The van der Waals surface area contributed by atoms with E-state index in [4.69, 9.17) is 62.7 Å². The zero-order valence-electron chi connectivity index (χ0n) is 13.9. The molecule has 1 saturated carbocycles. The molecule has 1 aromatic rings. The Hall–Kier alpha value is -0.120. The second-order valence-electron chi connectivity index (χ2n) is 6.75. The Kier molecular flexibility index (Phi) is 5.52. The first kappa shape index (κ1) is 20.2. The SMILES string of the molecule is CC(C)=C1C(C)(C)C1(C)C(=O)OCc1c(Cl)c(Cl)c(Cl)c(Cl)c1Cl. The Morgan fingerprint density at radius 3 is 1.67 bits per heavy atom. The van der Waals surface area contributed by atoms with Crippen molar-refractivity contribution in [2.45, 2.75) is 41.2 Å². The standard InChI is InChI=1S/C17H17Cl5O2/c1-7(2)14-16(3,4)17(14,5)15(23)24-6-8-9(18)11(20)13(22)12(21)10(8)19/h6H2,1-5H3. The summed E-state index contributed by atoms with van der Waals surface area (Å²) in [6, 6.07) is 0. The van der Waals surface area contributed by atoms with E-state index >= 15 is 0 Å². The molecule has 7 heteroatoms. The Morgan fingerprint density at radius 2 is 1.29 bits per heavy atom. The van der Waals surface area contributed by atoms with Gasteiger partial charge in [-0.05, 0) is 26.3 Å². The first-order chi connectivity index (χ1) is 10.9. The fourth-order valence-electron chi connectivity index (χ4n) is 3.39. The molecule has 2 nitrogen and oxygen atoms in total. The van der Waals surface area contributed by atoms with Gasteiger partial charge in [-0.1, -0.05) is 77.4 Å². The van der Waals surface area contributed by atoms with Crippen LogP contribution in [0.15, 0.2) is 11.1 Å². The highest BCUT2D eigenvalue weighted by atomic mass is 35.5. The number of hydrogen-bond donors (Lipinski definition) is 0. The van der Waals surface area contributed by atoms with Gasteiger partial charge in [-0.2, -0.15) is 0 Å². The number of ether oxygens (including phenoxy) is 1. The number of esters is 1. The molecule has 0 N–H and O–H groups in total. The van der Waals surface area contributed by atoms with Crippen molar-refractivity contribution in [2.75, 3.05) is 0 Å². The molecule has 0 heterocycles. The molecule has 1 atom stereocenters. The number of carbonyl (C=O) groups excluding carboxylic acids is 1. The normalized spacial score (nSPS) is 21.7. The number of allylic oxidation sites excluding steroid dienone is 1. The fraction of sp³-hybridized carbons (Fsp3) is 0.471. The van der Waals surface area contributed by atoms with Crippen molar-refractivity contribution in [2.24, 2.45) is 10.8 Å². The van der Waals surface area contributed by atoms with Crippen molar-refractivity contribution in [1.82, 2.24) is 0 Å². The lowest BCUT2D eigenvalue weighted by Crippen LogP contribution is -2.21. The zero-order chi connectivity index (χ0) is 18.6. The largest absolute Gasteiger partial charge is 0.460 e. The third-order valence-corrected chi connectivity index (χ3v) is 7.22. The summed E-state index contributed by atoms with van der Waals surface area (Å²) in [7, 11) is 0. The van der Waals surface area contributed by atoms with E-state index in [9.17, 15) is 4.79 Å². The lowest BCUT2D eigenvalue weighted by Gasteiger charge is -2.16. The molecule has 1 aromatic carbocycles. The van der Waals surface area contributed by atoms with Gasteiger partial charge in [0.05, 0.1) is 30.5 Å². The summed E-state index contributed by atoms with van der Waals surface area (Å²) in [5.41, 5.74) is 1.64. The summed E-state index contributed by atoms with van der Waals surface area (Å²) in [5.74, 6) is -0.335. The van der Waals surface area contributed by atoms with Gasteiger partial charge in [-0.25, -0.2) is 0 Å². The maximum atomic E-state index is 12.7. The van der Waals surface area contributed by atoms with Gasteiger partial charge >= 0.3 is 5.97 Å². The molecule has 1 fully saturated rings. The van der Waals surface area contributed by atoms with E-state index < -0.39 is 5.41 Å². The van der Waals surface area contributed by atoms with Crippen molar-refractivity contribution < 1.29 is 9.53 Å². The minimum atomic E-state index is -0.662. The van der Waals surface area contributed by atoms with Crippen LogP contribution in [-0.4, -0.2) is 5.97 Å². The number of hydrogen-bond acceptors (Lipinski definition) is 2. The van der Waals surface area contributed by atoms with E-state index in [1.807, 2.05) is 34.6 Å². The van der Waals surface area contributed by atoms with E-state index in [-0.39, 0.29) is 43.1 Å². The molecular weight excluding hydrogens is 413 g/mol. The summed E-state index contributed by atoms with van der Waals surface area (Å²) in [6.45, 7) is 9.76. The summed E-state index contributed by atoms with van der Waals surface area (Å²) in [4.78, 5) is 12.7. The summed E-state index contributed by atoms with van der Waals surface area (Å²) in [5, 5.41) is 0.507. The van der Waals surface area contributed by atoms with Crippen LogP contribution in [0.2, 0.25) is 25.1 Å². The van der Waals surface area contributed by atoms with Gasteiger partial charge in [-0.15, -0.1) is 0 Å². The van der Waals surface area contributed by atoms with E-state index in [1.54, 1.807) is 0 Å². The maximum absolute atomic E-state index is 12.7. The van der Waals surface area contributed by atoms with Crippen LogP contribution in [-0.2, 0) is 16.1 Å². The van der Waals surface area contributed by atoms with Crippen molar-refractivity contribution in [1.29, 1.82) is 0 Å². The fourth-order valence-corrected chi connectivity index (χ4v) is 4.67. The predicted octanol–water partition coefficient (Wildman–Crippen LogP) is 7.38. The van der Waals surface area contributed by atoms with Crippen LogP contribution < -0.4 is 0 Å². The van der Waals surface area contributed by atoms with Crippen molar-refractivity contribution in [3.05, 3.63) is 41.8 Å². The molecule has 132 valence electrons. The molecule has 0 spiro atoms. The van der Waals surface area contributed by atoms with Gasteiger partial charge in [0, 0.05) is 11.0 Å². The van der Waals surface area contributed by atoms with Crippen molar-refractivity contribution >= 4 is 64.0 Å². The highest BCUT2D eigenvalue weighted by molar-refractivity contribution is 6.55. The van der Waals surface area contributed by atoms with Gasteiger partial charge in [0.2, 0.25) is 0 Å². The smallest absolute Gasteiger partial charge is 0.317 e. The van der Waals surface area contributed by atoms with Crippen molar-refractivity contribution in [3.63, 3.8) is 0 Å². The monoisotopic (exact) mass is 428 g/mol. The molecule has 1 aliphatic rings. The van der Waals surface area contributed by atoms with Crippen LogP contribution in [0.1, 0.15) is 40.2 Å². The van der Waals surface area contributed by atoms with Gasteiger partial charge in [0.1, 0.15) is 6.61 Å². The highest BCUT2D eigenvalue weighted by Crippen LogP contribution is 2.70. The van der Waals surface area contributed by atoms with Crippen LogP contribution in [0, 0.1) is 10.8 Å². The first-order valence-electron chi connectivity index (χ1n) is 7.25. The van der Waals surface area contributed by atoms with E-state index in [0.717, 1.165) is 11.1 Å². The zero-order valence-corrected chi connectivity index (χ0v) is 17.7. The van der Waals surface area contributed by atoms with E-state index in [0.29, 0.717) is 5.56 Å². The van der Waals surface area contributed by atoms with Crippen LogP contribution in [0.5, 0.6) is 0 Å². The Labute approximate surface area is 167 Å². The second-order valence-corrected chi connectivity index (χ2v) is 8.64. The number of carbonyl (C=O) groups is 1. The Bertz CT molecular complexity index is 734. The van der Waals surface area contributed by atoms with Crippen LogP contribution >= 0.6 is 58.0 Å². The topological polar surface area (TPSA) is 26.3 Å². The summed E-state index contributed by atoms with van der Waals surface area (Å²) < 4.78 is 5.48. The first-order valence-corrected chi connectivity index (χ1v) is 9.14. The molecule has 0 bridgehead atoms. The van der Waals surface area contributed by atoms with E-state index in [1.165, 1.54) is 0 Å². The third kappa shape index (κ3) is 2.85. The van der Waals surface area contributed by atoms with Crippen LogP contribution in [0.4, 0.5) is 0 Å². The lowest BCUT2D eigenvalue weighted by atomic mass is 9.98. The number of rotatable bonds is 3.